The van der Waals surface area contributed by atoms with Gasteiger partial charge in [-0.2, -0.15) is 0 Å². The van der Waals surface area contributed by atoms with Gasteiger partial charge in [0.05, 0.1) is 0 Å². The first-order chi connectivity index (χ1) is 10.6. The van der Waals surface area contributed by atoms with Crippen LogP contribution in [-0.4, -0.2) is 52.4 Å². The van der Waals surface area contributed by atoms with Crippen molar-refractivity contribution in [2.45, 2.75) is 25.3 Å². The molecule has 1 aromatic rings. The molecular weight excluding hydrogens is 326 g/mol. The van der Waals surface area contributed by atoms with Crippen molar-refractivity contribution in [2.24, 2.45) is 5.73 Å². The highest BCUT2D eigenvalue weighted by molar-refractivity contribution is 6.60. The first kappa shape index (κ1) is 19.4. The Kier molecular flexibility index (Phi) is 6.98. The summed E-state index contributed by atoms with van der Waals surface area (Å²) in [5, 5.41) is 31.7. The Morgan fingerprint density at radius 1 is 1.35 bits per heavy atom. The summed E-state index contributed by atoms with van der Waals surface area (Å²) in [4.78, 5) is 21.9. The van der Waals surface area contributed by atoms with E-state index < -0.39 is 37.2 Å². The van der Waals surface area contributed by atoms with Crippen molar-refractivity contribution in [3.63, 3.8) is 0 Å². The molecule has 0 aliphatic heterocycles. The van der Waals surface area contributed by atoms with E-state index in [1.165, 1.54) is 6.92 Å². The van der Waals surface area contributed by atoms with E-state index in [9.17, 15) is 19.6 Å². The monoisotopic (exact) mass is 345 g/mol. The van der Waals surface area contributed by atoms with Crippen molar-refractivity contribution in [3.05, 3.63) is 34.9 Å². The molecule has 10 heteroatoms. The van der Waals surface area contributed by atoms with Crippen LogP contribution in [0.15, 0.2) is 24.3 Å². The van der Waals surface area contributed by atoms with Gasteiger partial charge < -0.3 is 30.9 Å². The molecule has 0 heterocycles. The topological polar surface area (TPSA) is 142 Å². The third-order valence-corrected chi connectivity index (χ3v) is 3.37. The number of nitrogens with two attached hydrogens (primary N) is 1. The summed E-state index contributed by atoms with van der Waals surface area (Å²) >= 11 is 5.78. The van der Waals surface area contributed by atoms with Crippen molar-refractivity contribution in [1.82, 2.24) is 5.32 Å². The van der Waals surface area contributed by atoms with Crippen LogP contribution in [0.4, 0.5) is 0 Å². The van der Waals surface area contributed by atoms with Gasteiger partial charge in [-0.1, -0.05) is 23.7 Å². The van der Waals surface area contributed by atoms with Crippen LogP contribution in [0.3, 0.4) is 0 Å². The molecule has 23 heavy (non-hydrogen) atoms. The number of rotatable bonds is 8. The molecule has 1 aromatic carbocycles. The van der Waals surface area contributed by atoms with Crippen molar-refractivity contribution in [2.75, 3.05) is 6.61 Å². The Balaban J connectivity index is 2.83. The van der Waals surface area contributed by atoms with Gasteiger partial charge in [-0.3, -0.25) is 9.59 Å². The lowest BCUT2D eigenvalue weighted by Gasteiger charge is -2.38. The molecule has 0 bridgehead atoms. The van der Waals surface area contributed by atoms with Crippen molar-refractivity contribution in [1.29, 1.82) is 0 Å². The summed E-state index contributed by atoms with van der Waals surface area (Å²) in [6.07, 6.45) is 0.0477. The number of benzene rings is 1. The summed E-state index contributed by atoms with van der Waals surface area (Å²) in [6, 6.07) is 5.14. The number of hydrogen-bond donors (Lipinski definition) is 5. The summed E-state index contributed by atoms with van der Waals surface area (Å²) in [6.45, 7) is -2.92. The van der Waals surface area contributed by atoms with E-state index in [1.54, 1.807) is 24.3 Å². The van der Waals surface area contributed by atoms with Gasteiger partial charge in [0.25, 0.3) is 0 Å². The molecule has 1 amide bonds. The maximum atomic E-state index is 11.3. The van der Waals surface area contributed by atoms with Gasteiger partial charge in [0.15, 0.2) is 0 Å². The lowest BCUT2D eigenvalue weighted by molar-refractivity contribution is -0.139. The highest BCUT2D eigenvalue weighted by Crippen LogP contribution is 2.15. The Labute approximate surface area is 138 Å². The van der Waals surface area contributed by atoms with Crippen LogP contribution in [0.25, 0.3) is 0 Å². The molecule has 0 saturated heterocycles. The standard InChI is InChI=1S/C13H19BClN2O6/c1-8(18)17-12(6-9-2-4-10(15)5-3-9)14(21,22)23-7-11(16)13(19)20/h2-5,11-12,21-22H,6-7,16H2,1H3,(H,17,18)(H,19,20)/q-1. The Morgan fingerprint density at radius 2 is 1.91 bits per heavy atom. The van der Waals surface area contributed by atoms with Crippen LogP contribution in [0, 0.1) is 0 Å². The fourth-order valence-electron chi connectivity index (χ4n) is 1.88. The molecule has 8 nitrogen and oxygen atoms in total. The SMILES string of the molecule is CC(=O)NC(Cc1ccc(Cl)cc1)[B-](O)(O)OCC(N)C(=O)O. The van der Waals surface area contributed by atoms with Crippen molar-refractivity contribution >= 4 is 30.2 Å². The highest BCUT2D eigenvalue weighted by atomic mass is 35.5. The lowest BCUT2D eigenvalue weighted by atomic mass is 9.66. The number of carbonyl (C=O) groups is 2. The zero-order chi connectivity index (χ0) is 17.6. The predicted molar refractivity (Wildman–Crippen MR) is 84.5 cm³/mol. The summed E-state index contributed by atoms with van der Waals surface area (Å²) in [5.41, 5.74) is 5.93. The predicted octanol–water partition coefficient (Wildman–Crippen LogP) is -0.722. The minimum atomic E-state index is -3.52. The average Bonchev–Trinajstić information content (AvgIpc) is 2.45. The summed E-state index contributed by atoms with van der Waals surface area (Å²) in [7, 11) is 0. The fourth-order valence-corrected chi connectivity index (χ4v) is 2.01. The Bertz CT molecular complexity index is 554. The van der Waals surface area contributed by atoms with E-state index in [0.29, 0.717) is 10.6 Å². The number of nitrogens with one attached hydrogen (secondary N) is 1. The maximum Gasteiger partial charge on any atom is 0.396 e. The van der Waals surface area contributed by atoms with E-state index in [1.807, 2.05) is 0 Å². The molecule has 128 valence electrons. The average molecular weight is 346 g/mol. The first-order valence-electron chi connectivity index (χ1n) is 6.85. The van der Waals surface area contributed by atoms with E-state index >= 15 is 0 Å². The molecule has 2 unspecified atom stereocenters. The number of carboxylic acid groups (broad SMARTS) is 1. The van der Waals surface area contributed by atoms with Gasteiger partial charge in [-0.05, 0) is 30.1 Å². The van der Waals surface area contributed by atoms with Crippen LogP contribution < -0.4 is 11.1 Å². The molecular formula is C13H19BClN2O6-. The quantitative estimate of drug-likeness (QED) is 0.391. The minimum Gasteiger partial charge on any atom is -0.558 e. The molecule has 0 spiro atoms. The van der Waals surface area contributed by atoms with Crippen molar-refractivity contribution in [3.8, 4) is 0 Å². The number of aliphatic carboxylic acids is 1. The number of amides is 1. The zero-order valence-corrected chi connectivity index (χ0v) is 13.2. The molecule has 0 aliphatic carbocycles. The fraction of sp³-hybridized carbons (Fsp3) is 0.385. The molecule has 0 saturated carbocycles. The Morgan fingerprint density at radius 3 is 2.39 bits per heavy atom. The number of carbonyl (C=O) groups excluding carboxylic acids is 1. The summed E-state index contributed by atoms with van der Waals surface area (Å²) < 4.78 is 4.84. The second-order valence-electron chi connectivity index (χ2n) is 5.18. The number of hydrogen-bond acceptors (Lipinski definition) is 6. The van der Waals surface area contributed by atoms with Crippen LogP contribution in [0.2, 0.25) is 5.02 Å². The zero-order valence-electron chi connectivity index (χ0n) is 12.5. The van der Waals surface area contributed by atoms with Gasteiger partial charge in [-0.15, -0.1) is 0 Å². The van der Waals surface area contributed by atoms with E-state index in [0.717, 1.165) is 0 Å². The van der Waals surface area contributed by atoms with Crippen LogP contribution in [0.1, 0.15) is 12.5 Å². The minimum absolute atomic E-state index is 0.0477. The molecule has 2 atom stereocenters. The van der Waals surface area contributed by atoms with E-state index in [4.69, 9.17) is 27.1 Å². The van der Waals surface area contributed by atoms with Crippen LogP contribution >= 0.6 is 11.6 Å². The number of carboxylic acids is 1. The molecule has 0 fully saturated rings. The van der Waals surface area contributed by atoms with Gasteiger partial charge >= 0.3 is 12.7 Å². The van der Waals surface area contributed by atoms with Crippen molar-refractivity contribution < 1.29 is 29.4 Å². The van der Waals surface area contributed by atoms with Crippen LogP contribution in [0.5, 0.6) is 0 Å². The van der Waals surface area contributed by atoms with Gasteiger partial charge in [-0.25, -0.2) is 0 Å². The van der Waals surface area contributed by atoms with Gasteiger partial charge in [0.1, 0.15) is 6.04 Å². The molecule has 1 rings (SSSR count). The largest absolute Gasteiger partial charge is 0.558 e. The second kappa shape index (κ2) is 8.28. The van der Waals surface area contributed by atoms with E-state index in [-0.39, 0.29) is 6.42 Å². The molecule has 0 radical (unpaired) electrons. The van der Waals surface area contributed by atoms with Gasteiger partial charge in [0.2, 0.25) is 5.91 Å². The summed E-state index contributed by atoms with van der Waals surface area (Å²) in [5.74, 6) is -3.01. The van der Waals surface area contributed by atoms with E-state index in [2.05, 4.69) is 5.32 Å². The highest BCUT2D eigenvalue weighted by Gasteiger charge is 2.34. The molecule has 0 aliphatic rings. The maximum absolute atomic E-state index is 11.3. The smallest absolute Gasteiger partial charge is 0.396 e. The number of halogens is 1. The lowest BCUT2D eigenvalue weighted by Crippen LogP contribution is -2.61. The molecule has 6 N–H and O–H groups in total. The third-order valence-electron chi connectivity index (χ3n) is 3.12. The molecule has 0 aromatic heterocycles. The second-order valence-corrected chi connectivity index (χ2v) is 5.61. The first-order valence-corrected chi connectivity index (χ1v) is 7.23. The third kappa shape index (κ3) is 6.55. The normalized spacial score (nSPS) is 14.1. The van der Waals surface area contributed by atoms with Gasteiger partial charge in [0, 0.05) is 18.6 Å². The Hall–Kier alpha value is -1.65. The van der Waals surface area contributed by atoms with Crippen LogP contribution in [-0.2, 0) is 20.7 Å².